The first-order chi connectivity index (χ1) is 9.06. The van der Waals surface area contributed by atoms with E-state index in [2.05, 4.69) is 18.8 Å². The van der Waals surface area contributed by atoms with Crippen molar-refractivity contribution in [1.82, 2.24) is 4.98 Å². The normalized spacial score (nSPS) is 11.4. The second-order valence-electron chi connectivity index (χ2n) is 4.91. The van der Waals surface area contributed by atoms with Crippen molar-refractivity contribution in [2.45, 2.75) is 20.8 Å². The molecule has 0 atom stereocenters. The zero-order valence-corrected chi connectivity index (χ0v) is 12.4. The summed E-state index contributed by atoms with van der Waals surface area (Å²) in [7, 11) is 0. The molecule has 0 unspecified atom stereocenters. The van der Waals surface area contributed by atoms with Gasteiger partial charge in [0.1, 0.15) is 12.4 Å². The molecule has 1 aromatic carbocycles. The van der Waals surface area contributed by atoms with Gasteiger partial charge in [0.25, 0.3) is 0 Å². The van der Waals surface area contributed by atoms with Gasteiger partial charge in [0.15, 0.2) is 0 Å². The van der Waals surface area contributed by atoms with Gasteiger partial charge in [0, 0.05) is 12.7 Å². The van der Waals surface area contributed by atoms with Crippen molar-refractivity contribution in [1.29, 1.82) is 0 Å². The van der Waals surface area contributed by atoms with Crippen molar-refractivity contribution in [3.8, 4) is 5.75 Å². The maximum atomic E-state index is 5.97. The van der Waals surface area contributed by atoms with E-state index in [9.17, 15) is 0 Å². The quantitative estimate of drug-likeness (QED) is 0.652. The molecule has 2 rings (SSSR count). The standard InChI is InChI=1S/C14H20N2O2S/c1-9(2)8-17-4-5-18-13-7-12-14(6-11(13)15)19-10(3)16-12/h6-7,9H,4-5,8,15H2,1-3H3. The summed E-state index contributed by atoms with van der Waals surface area (Å²) in [6.07, 6.45) is 0. The Morgan fingerprint density at radius 1 is 1.32 bits per heavy atom. The maximum absolute atomic E-state index is 5.97. The van der Waals surface area contributed by atoms with Crippen LogP contribution in [-0.2, 0) is 4.74 Å². The van der Waals surface area contributed by atoms with Crippen molar-refractivity contribution in [3.63, 3.8) is 0 Å². The molecule has 0 amide bonds. The van der Waals surface area contributed by atoms with Crippen LogP contribution >= 0.6 is 11.3 Å². The SMILES string of the molecule is Cc1nc2cc(OCCOCC(C)C)c(N)cc2s1. The van der Waals surface area contributed by atoms with Gasteiger partial charge >= 0.3 is 0 Å². The molecular weight excluding hydrogens is 260 g/mol. The number of ether oxygens (including phenoxy) is 2. The van der Waals surface area contributed by atoms with Crippen LogP contribution in [0.25, 0.3) is 10.2 Å². The molecule has 4 nitrogen and oxygen atoms in total. The average Bonchev–Trinajstić information content (AvgIpc) is 2.67. The van der Waals surface area contributed by atoms with E-state index in [0.29, 0.717) is 30.6 Å². The Labute approximate surface area is 117 Å². The third kappa shape index (κ3) is 3.81. The van der Waals surface area contributed by atoms with E-state index in [-0.39, 0.29) is 0 Å². The number of anilines is 1. The van der Waals surface area contributed by atoms with Crippen LogP contribution in [-0.4, -0.2) is 24.8 Å². The number of benzene rings is 1. The number of aryl methyl sites for hydroxylation is 1. The number of aromatic nitrogens is 1. The molecule has 5 heteroatoms. The first kappa shape index (κ1) is 14.1. The molecule has 104 valence electrons. The van der Waals surface area contributed by atoms with Crippen molar-refractivity contribution in [2.24, 2.45) is 5.92 Å². The molecule has 0 fully saturated rings. The van der Waals surface area contributed by atoms with E-state index in [1.54, 1.807) is 11.3 Å². The molecule has 19 heavy (non-hydrogen) atoms. The molecule has 2 N–H and O–H groups in total. The monoisotopic (exact) mass is 280 g/mol. The highest BCUT2D eigenvalue weighted by Gasteiger charge is 2.07. The fraction of sp³-hybridized carbons (Fsp3) is 0.500. The summed E-state index contributed by atoms with van der Waals surface area (Å²) in [5.41, 5.74) is 7.56. The van der Waals surface area contributed by atoms with E-state index in [4.69, 9.17) is 15.2 Å². The van der Waals surface area contributed by atoms with Crippen molar-refractivity contribution < 1.29 is 9.47 Å². The largest absolute Gasteiger partial charge is 0.489 e. The van der Waals surface area contributed by atoms with Crippen molar-refractivity contribution in [2.75, 3.05) is 25.6 Å². The van der Waals surface area contributed by atoms with Gasteiger partial charge in [-0.15, -0.1) is 11.3 Å². The zero-order valence-electron chi connectivity index (χ0n) is 11.6. The van der Waals surface area contributed by atoms with Gasteiger partial charge in [-0.3, -0.25) is 0 Å². The van der Waals surface area contributed by atoms with E-state index in [1.165, 1.54) is 0 Å². The van der Waals surface area contributed by atoms with Gasteiger partial charge in [0.05, 0.1) is 27.5 Å². The minimum atomic E-state index is 0.506. The minimum absolute atomic E-state index is 0.506. The number of nitrogens with two attached hydrogens (primary N) is 1. The van der Waals surface area contributed by atoms with Crippen LogP contribution in [0.2, 0.25) is 0 Å². The number of fused-ring (bicyclic) bond motifs is 1. The maximum Gasteiger partial charge on any atom is 0.144 e. The molecule has 1 heterocycles. The lowest BCUT2D eigenvalue weighted by molar-refractivity contribution is 0.0821. The highest BCUT2D eigenvalue weighted by molar-refractivity contribution is 7.18. The van der Waals surface area contributed by atoms with Crippen LogP contribution in [0.5, 0.6) is 5.75 Å². The summed E-state index contributed by atoms with van der Waals surface area (Å²) < 4.78 is 12.2. The number of thiazole rings is 1. The molecule has 0 aliphatic carbocycles. The van der Waals surface area contributed by atoms with E-state index in [0.717, 1.165) is 21.8 Å². The summed E-state index contributed by atoms with van der Waals surface area (Å²) in [4.78, 5) is 4.43. The van der Waals surface area contributed by atoms with Crippen LogP contribution in [0.1, 0.15) is 18.9 Å². The van der Waals surface area contributed by atoms with Crippen LogP contribution in [0, 0.1) is 12.8 Å². The van der Waals surface area contributed by atoms with Crippen LogP contribution in [0.4, 0.5) is 5.69 Å². The lowest BCUT2D eigenvalue weighted by Gasteiger charge is -2.10. The minimum Gasteiger partial charge on any atom is -0.489 e. The Bertz CT molecular complexity index is 552. The average molecular weight is 280 g/mol. The highest BCUT2D eigenvalue weighted by Crippen LogP contribution is 2.31. The van der Waals surface area contributed by atoms with Gasteiger partial charge in [-0.05, 0) is 18.9 Å². The Morgan fingerprint density at radius 3 is 2.84 bits per heavy atom. The molecule has 0 aliphatic heterocycles. The second-order valence-corrected chi connectivity index (χ2v) is 6.14. The van der Waals surface area contributed by atoms with Gasteiger partial charge in [-0.25, -0.2) is 4.98 Å². The summed E-state index contributed by atoms with van der Waals surface area (Å²) in [5.74, 6) is 1.23. The summed E-state index contributed by atoms with van der Waals surface area (Å²) in [6.45, 7) is 8.07. The third-order valence-electron chi connectivity index (χ3n) is 2.56. The number of hydrogen-bond donors (Lipinski definition) is 1. The van der Waals surface area contributed by atoms with E-state index < -0.39 is 0 Å². The van der Waals surface area contributed by atoms with Gasteiger partial charge in [0.2, 0.25) is 0 Å². The molecule has 0 aliphatic rings. The third-order valence-corrected chi connectivity index (χ3v) is 3.50. The van der Waals surface area contributed by atoms with Crippen molar-refractivity contribution in [3.05, 3.63) is 17.1 Å². The van der Waals surface area contributed by atoms with Crippen LogP contribution in [0.15, 0.2) is 12.1 Å². The van der Waals surface area contributed by atoms with Crippen LogP contribution < -0.4 is 10.5 Å². The fourth-order valence-corrected chi connectivity index (χ4v) is 2.60. The summed E-state index contributed by atoms with van der Waals surface area (Å²) in [6, 6.07) is 3.82. The Balaban J connectivity index is 1.94. The van der Waals surface area contributed by atoms with Gasteiger partial charge in [-0.1, -0.05) is 13.8 Å². The first-order valence-corrected chi connectivity index (χ1v) is 7.25. The first-order valence-electron chi connectivity index (χ1n) is 6.43. The Hall–Kier alpha value is -1.33. The second kappa shape index (κ2) is 6.21. The number of rotatable bonds is 6. The van der Waals surface area contributed by atoms with E-state index in [1.807, 2.05) is 19.1 Å². The van der Waals surface area contributed by atoms with Gasteiger partial charge < -0.3 is 15.2 Å². The number of nitrogen functional groups attached to an aromatic ring is 1. The Kier molecular flexibility index (Phi) is 4.61. The van der Waals surface area contributed by atoms with E-state index >= 15 is 0 Å². The lowest BCUT2D eigenvalue weighted by Crippen LogP contribution is -2.10. The highest BCUT2D eigenvalue weighted by atomic mass is 32.1. The topological polar surface area (TPSA) is 57.4 Å². The predicted octanol–water partition coefficient (Wildman–Crippen LogP) is 3.24. The number of nitrogens with zero attached hydrogens (tertiary/aromatic N) is 1. The number of hydrogen-bond acceptors (Lipinski definition) is 5. The molecular formula is C14H20N2O2S. The smallest absolute Gasteiger partial charge is 0.144 e. The molecule has 0 radical (unpaired) electrons. The fourth-order valence-electron chi connectivity index (χ4n) is 1.74. The molecule has 0 spiro atoms. The van der Waals surface area contributed by atoms with Crippen LogP contribution in [0.3, 0.4) is 0 Å². The molecule has 0 bridgehead atoms. The predicted molar refractivity (Wildman–Crippen MR) is 79.9 cm³/mol. The van der Waals surface area contributed by atoms with Gasteiger partial charge in [-0.2, -0.15) is 0 Å². The molecule has 0 saturated heterocycles. The molecule has 2 aromatic rings. The Morgan fingerprint density at radius 2 is 2.11 bits per heavy atom. The lowest BCUT2D eigenvalue weighted by atomic mass is 10.2. The van der Waals surface area contributed by atoms with Crippen molar-refractivity contribution >= 4 is 27.2 Å². The molecule has 0 saturated carbocycles. The zero-order chi connectivity index (χ0) is 13.8. The summed E-state index contributed by atoms with van der Waals surface area (Å²) in [5, 5.41) is 1.03. The summed E-state index contributed by atoms with van der Waals surface area (Å²) >= 11 is 1.64. The molecule has 1 aromatic heterocycles.